The zero-order valence-corrected chi connectivity index (χ0v) is 13.3. The lowest BCUT2D eigenvalue weighted by Crippen LogP contribution is -2.45. The molecule has 0 unspecified atom stereocenters. The van der Waals surface area contributed by atoms with Gasteiger partial charge in [0, 0.05) is 38.3 Å². The predicted octanol–water partition coefficient (Wildman–Crippen LogP) is 1.17. The van der Waals surface area contributed by atoms with E-state index in [1.807, 2.05) is 17.9 Å². The minimum absolute atomic E-state index is 0.0599. The summed E-state index contributed by atoms with van der Waals surface area (Å²) in [4.78, 5) is 25.9. The van der Waals surface area contributed by atoms with Gasteiger partial charge in [0.05, 0.1) is 18.2 Å². The van der Waals surface area contributed by atoms with Gasteiger partial charge in [-0.3, -0.25) is 14.3 Å². The number of nitrogens with one attached hydrogen (secondary N) is 1. The number of nitrogens with zero attached hydrogens (tertiary/aromatic N) is 3. The maximum Gasteiger partial charge on any atom is 0.225 e. The van der Waals surface area contributed by atoms with Crippen molar-refractivity contribution in [2.75, 3.05) is 13.1 Å². The second-order valence-electron chi connectivity index (χ2n) is 6.43. The summed E-state index contributed by atoms with van der Waals surface area (Å²) in [5, 5.41) is 7.50. The lowest BCUT2D eigenvalue weighted by atomic mass is 9.91. The summed E-state index contributed by atoms with van der Waals surface area (Å²) in [6, 6.07) is 0.0673. The van der Waals surface area contributed by atoms with E-state index in [9.17, 15) is 9.59 Å². The third-order valence-electron chi connectivity index (χ3n) is 4.93. The second kappa shape index (κ2) is 6.10. The van der Waals surface area contributed by atoms with Crippen molar-refractivity contribution in [3.63, 3.8) is 0 Å². The Morgan fingerprint density at radius 2 is 2.14 bits per heavy atom. The van der Waals surface area contributed by atoms with Crippen LogP contribution in [-0.4, -0.2) is 39.6 Å². The van der Waals surface area contributed by atoms with Crippen LogP contribution in [0.15, 0.2) is 6.20 Å². The van der Waals surface area contributed by atoms with Crippen LogP contribution in [0.3, 0.4) is 0 Å². The molecule has 120 valence electrons. The molecule has 3 rings (SSSR count). The van der Waals surface area contributed by atoms with Gasteiger partial charge in [0.2, 0.25) is 11.8 Å². The second-order valence-corrected chi connectivity index (χ2v) is 6.43. The fourth-order valence-electron chi connectivity index (χ4n) is 3.62. The van der Waals surface area contributed by atoms with E-state index in [-0.39, 0.29) is 23.8 Å². The molecule has 0 radical (unpaired) electrons. The third kappa shape index (κ3) is 2.87. The minimum atomic E-state index is -0.0836. The number of hydrogen-bond donors (Lipinski definition) is 1. The molecule has 1 aromatic rings. The largest absolute Gasteiger partial charge is 0.349 e. The first-order valence-electron chi connectivity index (χ1n) is 8.13. The Bertz CT molecular complexity index is 581. The van der Waals surface area contributed by atoms with Crippen molar-refractivity contribution in [3.05, 3.63) is 17.5 Å². The molecule has 1 aromatic heterocycles. The first-order chi connectivity index (χ1) is 10.6. The van der Waals surface area contributed by atoms with Crippen molar-refractivity contribution in [1.82, 2.24) is 20.0 Å². The Labute approximate surface area is 130 Å². The highest BCUT2D eigenvalue weighted by Gasteiger charge is 2.30. The van der Waals surface area contributed by atoms with E-state index >= 15 is 0 Å². The molecule has 1 aliphatic heterocycles. The van der Waals surface area contributed by atoms with E-state index < -0.39 is 0 Å². The molecular formula is C16H24N4O2. The van der Waals surface area contributed by atoms with Crippen LogP contribution in [-0.2, 0) is 23.1 Å². The first-order valence-corrected chi connectivity index (χ1v) is 8.13. The molecule has 0 aromatic carbocycles. The van der Waals surface area contributed by atoms with Crippen molar-refractivity contribution in [3.8, 4) is 0 Å². The maximum atomic E-state index is 12.6. The van der Waals surface area contributed by atoms with Crippen LogP contribution in [0.2, 0.25) is 0 Å². The molecule has 6 heteroatoms. The van der Waals surface area contributed by atoms with Gasteiger partial charge in [-0.15, -0.1) is 0 Å². The van der Waals surface area contributed by atoms with Gasteiger partial charge in [-0.25, -0.2) is 0 Å². The quantitative estimate of drug-likeness (QED) is 0.892. The molecule has 1 saturated heterocycles. The molecule has 1 aliphatic carbocycles. The van der Waals surface area contributed by atoms with E-state index in [0.29, 0.717) is 6.54 Å². The number of aryl methyl sites for hydroxylation is 1. The van der Waals surface area contributed by atoms with Crippen LogP contribution >= 0.6 is 0 Å². The van der Waals surface area contributed by atoms with Gasteiger partial charge in [0.15, 0.2) is 0 Å². The summed E-state index contributed by atoms with van der Waals surface area (Å²) in [5.41, 5.74) is 2.38. The summed E-state index contributed by atoms with van der Waals surface area (Å²) >= 11 is 0. The van der Waals surface area contributed by atoms with E-state index in [1.165, 1.54) is 5.69 Å². The van der Waals surface area contributed by atoms with E-state index in [2.05, 4.69) is 10.4 Å². The Balaban J connectivity index is 1.66. The van der Waals surface area contributed by atoms with Gasteiger partial charge in [-0.05, 0) is 32.1 Å². The molecule has 0 bridgehead atoms. The highest BCUT2D eigenvalue weighted by molar-refractivity contribution is 5.81. The lowest BCUT2D eigenvalue weighted by molar-refractivity contribution is -0.134. The Kier molecular flexibility index (Phi) is 4.18. The molecule has 2 atom stereocenters. The highest BCUT2D eigenvalue weighted by Crippen LogP contribution is 2.30. The first kappa shape index (κ1) is 15.1. The number of piperidine rings is 1. The number of carbonyl (C=O) groups is 2. The number of rotatable bonds is 2. The zero-order chi connectivity index (χ0) is 15.7. The SMILES string of the molecule is CC(=O)N1CCC[C@@H](C(=O)N[C@H]2CCCc3c2cnn3C)C1. The number of aromatic nitrogens is 2. The average Bonchev–Trinajstić information content (AvgIpc) is 2.90. The van der Waals surface area contributed by atoms with Crippen LogP contribution in [0.25, 0.3) is 0 Å². The van der Waals surface area contributed by atoms with Crippen molar-refractivity contribution >= 4 is 11.8 Å². The van der Waals surface area contributed by atoms with Crippen molar-refractivity contribution < 1.29 is 9.59 Å². The molecule has 2 aliphatic rings. The molecule has 2 heterocycles. The minimum Gasteiger partial charge on any atom is -0.349 e. The van der Waals surface area contributed by atoms with Crippen LogP contribution in [0.4, 0.5) is 0 Å². The number of fused-ring (bicyclic) bond motifs is 1. The summed E-state index contributed by atoms with van der Waals surface area (Å²) in [6.45, 7) is 2.90. The number of hydrogen-bond acceptors (Lipinski definition) is 3. The monoisotopic (exact) mass is 304 g/mol. The Morgan fingerprint density at radius 3 is 2.91 bits per heavy atom. The van der Waals surface area contributed by atoms with Gasteiger partial charge in [0.1, 0.15) is 0 Å². The van der Waals surface area contributed by atoms with Gasteiger partial charge in [-0.2, -0.15) is 5.10 Å². The number of likely N-dealkylation sites (tertiary alicyclic amines) is 1. The van der Waals surface area contributed by atoms with Crippen molar-refractivity contribution in [2.24, 2.45) is 13.0 Å². The Morgan fingerprint density at radius 1 is 1.32 bits per heavy atom. The van der Waals surface area contributed by atoms with E-state index in [1.54, 1.807) is 11.8 Å². The molecule has 22 heavy (non-hydrogen) atoms. The van der Waals surface area contributed by atoms with Crippen molar-refractivity contribution in [2.45, 2.75) is 45.1 Å². The molecule has 2 amide bonds. The smallest absolute Gasteiger partial charge is 0.225 e. The predicted molar refractivity (Wildman–Crippen MR) is 82.0 cm³/mol. The normalized spacial score (nSPS) is 24.7. The number of amides is 2. The van der Waals surface area contributed by atoms with Gasteiger partial charge < -0.3 is 10.2 Å². The number of carbonyl (C=O) groups excluding carboxylic acids is 2. The van der Waals surface area contributed by atoms with Crippen molar-refractivity contribution in [1.29, 1.82) is 0 Å². The summed E-state index contributed by atoms with van der Waals surface area (Å²) in [5.74, 6) is 0.0528. The van der Waals surface area contributed by atoms with Gasteiger partial charge in [-0.1, -0.05) is 0 Å². The topological polar surface area (TPSA) is 67.2 Å². The molecule has 0 saturated carbocycles. The molecule has 1 fully saturated rings. The molecule has 1 N–H and O–H groups in total. The molecule has 6 nitrogen and oxygen atoms in total. The van der Waals surface area contributed by atoms with Crippen LogP contribution in [0, 0.1) is 5.92 Å². The fraction of sp³-hybridized carbons (Fsp3) is 0.688. The lowest BCUT2D eigenvalue weighted by Gasteiger charge is -2.33. The molecule has 0 spiro atoms. The van der Waals surface area contributed by atoms with Gasteiger partial charge >= 0.3 is 0 Å². The summed E-state index contributed by atoms with van der Waals surface area (Å²) in [6.07, 6.45) is 6.71. The van der Waals surface area contributed by atoms with Gasteiger partial charge in [0.25, 0.3) is 0 Å². The highest BCUT2D eigenvalue weighted by atomic mass is 16.2. The van der Waals surface area contributed by atoms with E-state index in [0.717, 1.165) is 44.2 Å². The van der Waals surface area contributed by atoms with Crippen LogP contribution in [0.1, 0.15) is 49.9 Å². The maximum absolute atomic E-state index is 12.6. The summed E-state index contributed by atoms with van der Waals surface area (Å²) < 4.78 is 1.91. The van der Waals surface area contributed by atoms with E-state index in [4.69, 9.17) is 0 Å². The van der Waals surface area contributed by atoms with Crippen LogP contribution < -0.4 is 5.32 Å². The molecular weight excluding hydrogens is 280 g/mol. The Hall–Kier alpha value is -1.85. The average molecular weight is 304 g/mol. The standard InChI is InChI=1S/C16H24N4O2/c1-11(21)20-8-4-5-12(10-20)16(22)18-14-6-3-7-15-13(14)9-17-19(15)2/h9,12,14H,3-8,10H2,1-2H3,(H,18,22)/t12-,14+/m1/s1. The summed E-state index contributed by atoms with van der Waals surface area (Å²) in [7, 11) is 1.95. The zero-order valence-electron chi connectivity index (χ0n) is 13.3. The fourth-order valence-corrected chi connectivity index (χ4v) is 3.62. The third-order valence-corrected chi connectivity index (χ3v) is 4.93. The van der Waals surface area contributed by atoms with Crippen LogP contribution in [0.5, 0.6) is 0 Å².